The molecule has 1 aliphatic rings. The number of carbonyl (C=O) groups excluding carboxylic acids is 1. The van der Waals surface area contributed by atoms with Crippen LogP contribution in [0.5, 0.6) is 0 Å². The Morgan fingerprint density at radius 2 is 2.18 bits per heavy atom. The molecule has 4 heteroatoms. The Labute approximate surface area is 133 Å². The molecule has 22 heavy (non-hydrogen) atoms. The van der Waals surface area contributed by atoms with Gasteiger partial charge in [0, 0.05) is 26.1 Å². The van der Waals surface area contributed by atoms with Crippen LogP contribution < -0.4 is 5.32 Å². The van der Waals surface area contributed by atoms with Gasteiger partial charge >= 0.3 is 0 Å². The molecule has 0 saturated carbocycles. The van der Waals surface area contributed by atoms with Crippen LogP contribution in [-0.2, 0) is 16.0 Å². The first-order valence-electron chi connectivity index (χ1n) is 8.32. The van der Waals surface area contributed by atoms with Crippen molar-refractivity contribution in [2.75, 3.05) is 33.4 Å². The maximum absolute atomic E-state index is 11.8. The van der Waals surface area contributed by atoms with E-state index in [1.165, 1.54) is 18.4 Å². The Morgan fingerprint density at radius 3 is 2.95 bits per heavy atom. The molecular weight excluding hydrogens is 276 g/mol. The van der Waals surface area contributed by atoms with E-state index in [1.54, 1.807) is 7.11 Å². The SMILES string of the molecule is COCCC(=O)NC1CCCN(CCCc2ccccc2)C1. The van der Waals surface area contributed by atoms with Crippen molar-refractivity contribution in [2.24, 2.45) is 0 Å². The molecule has 0 aromatic heterocycles. The largest absolute Gasteiger partial charge is 0.384 e. The summed E-state index contributed by atoms with van der Waals surface area (Å²) in [5.41, 5.74) is 1.41. The number of piperidine rings is 1. The predicted molar refractivity (Wildman–Crippen MR) is 88.9 cm³/mol. The van der Waals surface area contributed by atoms with Crippen LogP contribution >= 0.6 is 0 Å². The van der Waals surface area contributed by atoms with E-state index in [0.29, 0.717) is 19.1 Å². The average Bonchev–Trinajstić information content (AvgIpc) is 2.54. The molecule has 1 heterocycles. The standard InChI is InChI=1S/C18H28N2O2/c1-22-14-11-18(21)19-17-10-6-13-20(15-17)12-5-9-16-7-3-2-4-8-16/h2-4,7-8,17H,5-6,9-15H2,1H3,(H,19,21). The maximum Gasteiger partial charge on any atom is 0.222 e. The van der Waals surface area contributed by atoms with Crippen molar-refractivity contribution in [1.82, 2.24) is 10.2 Å². The van der Waals surface area contributed by atoms with Gasteiger partial charge in [0.05, 0.1) is 6.61 Å². The highest BCUT2D eigenvalue weighted by atomic mass is 16.5. The van der Waals surface area contributed by atoms with Gasteiger partial charge in [0.1, 0.15) is 0 Å². The summed E-state index contributed by atoms with van der Waals surface area (Å²) in [4.78, 5) is 14.2. The fourth-order valence-electron chi connectivity index (χ4n) is 3.02. The van der Waals surface area contributed by atoms with E-state index in [4.69, 9.17) is 4.74 Å². The van der Waals surface area contributed by atoms with Gasteiger partial charge < -0.3 is 15.0 Å². The highest BCUT2D eigenvalue weighted by Crippen LogP contribution is 2.12. The van der Waals surface area contributed by atoms with Crippen molar-refractivity contribution in [3.05, 3.63) is 35.9 Å². The molecule has 1 aliphatic heterocycles. The number of hydrogen-bond acceptors (Lipinski definition) is 3. The topological polar surface area (TPSA) is 41.6 Å². The fraction of sp³-hybridized carbons (Fsp3) is 0.611. The summed E-state index contributed by atoms with van der Waals surface area (Å²) in [6.45, 7) is 3.74. The van der Waals surface area contributed by atoms with Crippen LogP contribution in [0, 0.1) is 0 Å². The van der Waals surface area contributed by atoms with Crippen molar-refractivity contribution < 1.29 is 9.53 Å². The lowest BCUT2D eigenvalue weighted by Crippen LogP contribution is -2.48. The molecule has 1 unspecified atom stereocenters. The van der Waals surface area contributed by atoms with Gasteiger partial charge in [-0.15, -0.1) is 0 Å². The van der Waals surface area contributed by atoms with Crippen LogP contribution in [0.15, 0.2) is 30.3 Å². The lowest BCUT2D eigenvalue weighted by atomic mass is 10.0. The lowest BCUT2D eigenvalue weighted by molar-refractivity contribution is -0.123. The third kappa shape index (κ3) is 6.16. The van der Waals surface area contributed by atoms with E-state index >= 15 is 0 Å². The molecule has 4 nitrogen and oxygen atoms in total. The molecule has 1 N–H and O–H groups in total. The third-order valence-electron chi connectivity index (χ3n) is 4.19. The number of methoxy groups -OCH3 is 1. The zero-order valence-electron chi connectivity index (χ0n) is 13.6. The Morgan fingerprint density at radius 1 is 1.36 bits per heavy atom. The minimum atomic E-state index is 0.109. The van der Waals surface area contributed by atoms with Crippen LogP contribution in [0.4, 0.5) is 0 Å². The molecule has 1 aromatic rings. The van der Waals surface area contributed by atoms with Gasteiger partial charge in [-0.3, -0.25) is 4.79 Å². The Balaban J connectivity index is 1.66. The fourth-order valence-corrected chi connectivity index (χ4v) is 3.02. The molecule has 0 bridgehead atoms. The van der Waals surface area contributed by atoms with E-state index in [0.717, 1.165) is 32.5 Å². The second kappa shape index (κ2) is 9.59. The van der Waals surface area contributed by atoms with Crippen LogP contribution in [0.1, 0.15) is 31.2 Å². The van der Waals surface area contributed by atoms with E-state index in [1.807, 2.05) is 0 Å². The Hall–Kier alpha value is -1.39. The van der Waals surface area contributed by atoms with Gasteiger partial charge in [-0.2, -0.15) is 0 Å². The van der Waals surface area contributed by atoms with Gasteiger partial charge in [0.15, 0.2) is 0 Å². The molecular formula is C18H28N2O2. The highest BCUT2D eigenvalue weighted by Gasteiger charge is 2.20. The third-order valence-corrected chi connectivity index (χ3v) is 4.19. The van der Waals surface area contributed by atoms with Crippen molar-refractivity contribution in [3.8, 4) is 0 Å². The first-order chi connectivity index (χ1) is 10.8. The first-order valence-corrected chi connectivity index (χ1v) is 8.32. The molecule has 0 spiro atoms. The summed E-state index contributed by atoms with van der Waals surface area (Å²) < 4.78 is 4.95. The number of amides is 1. The summed E-state index contributed by atoms with van der Waals surface area (Å²) in [6, 6.07) is 10.9. The van der Waals surface area contributed by atoms with Crippen LogP contribution in [0.3, 0.4) is 0 Å². The number of ether oxygens (including phenoxy) is 1. The van der Waals surface area contributed by atoms with Gasteiger partial charge in [-0.25, -0.2) is 0 Å². The number of benzene rings is 1. The number of aryl methyl sites for hydroxylation is 1. The minimum absolute atomic E-state index is 0.109. The van der Waals surface area contributed by atoms with Crippen molar-refractivity contribution in [1.29, 1.82) is 0 Å². The van der Waals surface area contributed by atoms with E-state index in [-0.39, 0.29) is 5.91 Å². The van der Waals surface area contributed by atoms with Crippen molar-refractivity contribution in [2.45, 2.75) is 38.1 Å². The monoisotopic (exact) mass is 304 g/mol. The molecule has 1 aromatic carbocycles. The summed E-state index contributed by atoms with van der Waals surface area (Å²) >= 11 is 0. The van der Waals surface area contributed by atoms with E-state index < -0.39 is 0 Å². The number of nitrogens with one attached hydrogen (secondary N) is 1. The molecule has 1 atom stereocenters. The number of hydrogen-bond donors (Lipinski definition) is 1. The quantitative estimate of drug-likeness (QED) is 0.801. The Kier molecular flexibility index (Phi) is 7.40. The van der Waals surface area contributed by atoms with Crippen LogP contribution in [0.25, 0.3) is 0 Å². The molecule has 1 fully saturated rings. The number of likely N-dealkylation sites (tertiary alicyclic amines) is 1. The first kappa shape index (κ1) is 17.0. The minimum Gasteiger partial charge on any atom is -0.384 e. The summed E-state index contributed by atoms with van der Waals surface area (Å²) in [5.74, 6) is 0.109. The van der Waals surface area contributed by atoms with Gasteiger partial charge in [0.2, 0.25) is 5.91 Å². The summed E-state index contributed by atoms with van der Waals surface area (Å²) in [5, 5.41) is 3.13. The summed E-state index contributed by atoms with van der Waals surface area (Å²) in [7, 11) is 1.63. The number of carbonyl (C=O) groups is 1. The average molecular weight is 304 g/mol. The Bertz CT molecular complexity index is 436. The molecule has 0 aliphatic carbocycles. The van der Waals surface area contributed by atoms with Crippen molar-refractivity contribution >= 4 is 5.91 Å². The molecule has 122 valence electrons. The predicted octanol–water partition coefficient (Wildman–Crippen LogP) is 2.24. The maximum atomic E-state index is 11.8. The molecule has 1 saturated heterocycles. The van der Waals surface area contributed by atoms with Crippen molar-refractivity contribution in [3.63, 3.8) is 0 Å². The van der Waals surface area contributed by atoms with E-state index in [9.17, 15) is 4.79 Å². The summed E-state index contributed by atoms with van der Waals surface area (Å²) in [6.07, 6.45) is 5.02. The second-order valence-corrected chi connectivity index (χ2v) is 6.04. The number of rotatable bonds is 8. The smallest absolute Gasteiger partial charge is 0.222 e. The van der Waals surface area contributed by atoms with Crippen LogP contribution in [0.2, 0.25) is 0 Å². The molecule has 0 radical (unpaired) electrons. The lowest BCUT2D eigenvalue weighted by Gasteiger charge is -2.33. The van der Waals surface area contributed by atoms with Gasteiger partial charge in [-0.05, 0) is 44.3 Å². The van der Waals surface area contributed by atoms with E-state index in [2.05, 4.69) is 40.5 Å². The zero-order valence-corrected chi connectivity index (χ0v) is 13.6. The van der Waals surface area contributed by atoms with Crippen LogP contribution in [-0.4, -0.2) is 50.2 Å². The number of nitrogens with zero attached hydrogens (tertiary/aromatic N) is 1. The molecule has 1 amide bonds. The highest BCUT2D eigenvalue weighted by molar-refractivity contribution is 5.76. The van der Waals surface area contributed by atoms with Gasteiger partial charge in [0.25, 0.3) is 0 Å². The zero-order chi connectivity index (χ0) is 15.6. The van der Waals surface area contributed by atoms with Gasteiger partial charge in [-0.1, -0.05) is 30.3 Å². The normalized spacial score (nSPS) is 19.0. The second-order valence-electron chi connectivity index (χ2n) is 6.04. The molecule has 2 rings (SSSR count).